The third kappa shape index (κ3) is 4.39. The molecule has 1 aromatic heterocycles. The van der Waals surface area contributed by atoms with Crippen molar-refractivity contribution in [3.8, 4) is 17.1 Å². The first-order valence-electron chi connectivity index (χ1n) is 7.76. The lowest BCUT2D eigenvalue weighted by Crippen LogP contribution is -2.25. The van der Waals surface area contributed by atoms with E-state index in [1.807, 2.05) is 0 Å². The van der Waals surface area contributed by atoms with Crippen molar-refractivity contribution in [2.75, 3.05) is 6.61 Å². The van der Waals surface area contributed by atoms with Gasteiger partial charge in [-0.2, -0.15) is 4.80 Å². The number of aliphatic hydroxyl groups excluding tert-OH is 1. The molecule has 1 heterocycles. The fraction of sp³-hybridized carbons (Fsp3) is 0.176. The molecule has 0 fully saturated rings. The highest BCUT2D eigenvalue weighted by Crippen LogP contribution is 2.15. The number of carbonyl (C=O) groups excluding carboxylic acids is 1. The first-order valence-corrected chi connectivity index (χ1v) is 7.76. The van der Waals surface area contributed by atoms with E-state index >= 15 is 0 Å². The maximum Gasteiger partial charge on any atom is 0.248 e. The maximum atomic E-state index is 12.8. The normalized spacial score (nSPS) is 11.9. The van der Waals surface area contributed by atoms with Gasteiger partial charge in [-0.05, 0) is 41.6 Å². The summed E-state index contributed by atoms with van der Waals surface area (Å²) < 4.78 is 18.2. The van der Waals surface area contributed by atoms with Crippen molar-refractivity contribution in [2.24, 2.45) is 5.73 Å². The topological polar surface area (TPSA) is 116 Å². The first-order chi connectivity index (χ1) is 12.5. The second kappa shape index (κ2) is 7.70. The monoisotopic (exact) mass is 357 g/mol. The van der Waals surface area contributed by atoms with Gasteiger partial charge in [0.1, 0.15) is 24.3 Å². The van der Waals surface area contributed by atoms with Gasteiger partial charge in [0.25, 0.3) is 0 Å². The standard InChI is InChI=1S/C17H16FN5O3/c18-13-5-7-15(8-6-13)26-10-14(24)9-23-21-17(20-22-23)12-3-1-11(2-4-12)16(19)25/h1-8,14,24H,9-10H2,(H2,19,25). The minimum atomic E-state index is -0.876. The van der Waals surface area contributed by atoms with Crippen LogP contribution in [-0.4, -0.2) is 43.9 Å². The molecule has 3 aromatic rings. The maximum absolute atomic E-state index is 12.8. The number of rotatable bonds is 7. The Hall–Kier alpha value is -3.33. The predicted octanol–water partition coefficient (Wildman–Crippen LogP) is 1.02. The average Bonchev–Trinajstić information content (AvgIpc) is 3.10. The highest BCUT2D eigenvalue weighted by molar-refractivity contribution is 5.93. The van der Waals surface area contributed by atoms with Crippen LogP contribution in [0.3, 0.4) is 0 Å². The number of aromatic nitrogens is 4. The SMILES string of the molecule is NC(=O)c1ccc(-c2nnn(CC(O)COc3ccc(F)cc3)n2)cc1. The number of hydrogen-bond donors (Lipinski definition) is 2. The van der Waals surface area contributed by atoms with Crippen molar-refractivity contribution in [2.45, 2.75) is 12.6 Å². The van der Waals surface area contributed by atoms with E-state index in [9.17, 15) is 14.3 Å². The Bertz CT molecular complexity index is 880. The van der Waals surface area contributed by atoms with Crippen LogP contribution in [-0.2, 0) is 6.54 Å². The second-order valence-electron chi connectivity index (χ2n) is 5.53. The van der Waals surface area contributed by atoms with E-state index in [4.69, 9.17) is 10.5 Å². The molecule has 0 radical (unpaired) electrons. The van der Waals surface area contributed by atoms with Crippen molar-refractivity contribution in [3.05, 3.63) is 59.9 Å². The predicted molar refractivity (Wildman–Crippen MR) is 89.7 cm³/mol. The summed E-state index contributed by atoms with van der Waals surface area (Å²) >= 11 is 0. The van der Waals surface area contributed by atoms with Gasteiger partial charge in [0.15, 0.2) is 0 Å². The highest BCUT2D eigenvalue weighted by atomic mass is 19.1. The van der Waals surface area contributed by atoms with Gasteiger partial charge in [0, 0.05) is 11.1 Å². The van der Waals surface area contributed by atoms with E-state index in [1.165, 1.54) is 29.1 Å². The number of benzene rings is 2. The van der Waals surface area contributed by atoms with E-state index in [0.29, 0.717) is 22.7 Å². The molecule has 0 spiro atoms. The largest absolute Gasteiger partial charge is 0.491 e. The van der Waals surface area contributed by atoms with E-state index in [2.05, 4.69) is 15.4 Å². The molecule has 3 N–H and O–H groups in total. The van der Waals surface area contributed by atoms with Crippen molar-refractivity contribution >= 4 is 5.91 Å². The molecule has 8 nitrogen and oxygen atoms in total. The van der Waals surface area contributed by atoms with E-state index in [0.717, 1.165) is 0 Å². The van der Waals surface area contributed by atoms with Gasteiger partial charge in [-0.25, -0.2) is 4.39 Å². The van der Waals surface area contributed by atoms with Crippen molar-refractivity contribution in [1.82, 2.24) is 20.2 Å². The van der Waals surface area contributed by atoms with Gasteiger partial charge >= 0.3 is 0 Å². The lowest BCUT2D eigenvalue weighted by molar-refractivity contribution is 0.0849. The molecule has 1 amide bonds. The quantitative estimate of drug-likeness (QED) is 0.652. The molecule has 9 heteroatoms. The Labute approximate surface area is 148 Å². The van der Waals surface area contributed by atoms with Crippen LogP contribution in [0.5, 0.6) is 5.75 Å². The van der Waals surface area contributed by atoms with Crippen LogP contribution in [0.4, 0.5) is 4.39 Å². The van der Waals surface area contributed by atoms with Gasteiger partial charge in [-0.3, -0.25) is 4.79 Å². The summed E-state index contributed by atoms with van der Waals surface area (Å²) in [5.74, 6) is -0.0709. The number of primary amides is 1. The zero-order valence-electron chi connectivity index (χ0n) is 13.6. The lowest BCUT2D eigenvalue weighted by Gasteiger charge is -2.11. The molecule has 1 atom stereocenters. The molecule has 0 aliphatic rings. The number of amides is 1. The Balaban J connectivity index is 1.57. The fourth-order valence-electron chi connectivity index (χ4n) is 2.18. The third-order valence-corrected chi connectivity index (χ3v) is 3.51. The van der Waals surface area contributed by atoms with Crippen molar-refractivity contribution in [1.29, 1.82) is 0 Å². The van der Waals surface area contributed by atoms with Gasteiger partial charge in [-0.15, -0.1) is 10.2 Å². The van der Waals surface area contributed by atoms with E-state index < -0.39 is 12.0 Å². The van der Waals surface area contributed by atoms with Crippen LogP contribution in [0, 0.1) is 5.82 Å². The Kier molecular flexibility index (Phi) is 5.18. The number of aliphatic hydroxyl groups is 1. The van der Waals surface area contributed by atoms with Gasteiger partial charge < -0.3 is 15.6 Å². The van der Waals surface area contributed by atoms with Gasteiger partial charge in [0.05, 0.1) is 6.54 Å². The van der Waals surface area contributed by atoms with Crippen LogP contribution in [0.2, 0.25) is 0 Å². The Morgan fingerprint density at radius 2 is 1.88 bits per heavy atom. The fourth-order valence-corrected chi connectivity index (χ4v) is 2.18. The second-order valence-corrected chi connectivity index (χ2v) is 5.53. The molecule has 2 aromatic carbocycles. The molecule has 3 rings (SSSR count). The summed E-state index contributed by atoms with van der Waals surface area (Å²) in [5, 5.41) is 22.0. The summed E-state index contributed by atoms with van der Waals surface area (Å²) in [4.78, 5) is 12.3. The average molecular weight is 357 g/mol. The number of carbonyl (C=O) groups is 1. The lowest BCUT2D eigenvalue weighted by atomic mass is 10.1. The molecular weight excluding hydrogens is 341 g/mol. The third-order valence-electron chi connectivity index (χ3n) is 3.51. The molecular formula is C17H16FN5O3. The van der Waals surface area contributed by atoms with Gasteiger partial charge in [-0.1, -0.05) is 12.1 Å². The Morgan fingerprint density at radius 1 is 1.19 bits per heavy atom. The minimum absolute atomic E-state index is 0.00415. The molecule has 0 aliphatic heterocycles. The molecule has 26 heavy (non-hydrogen) atoms. The summed E-state index contributed by atoms with van der Waals surface area (Å²) in [6.45, 7) is 0.0728. The first kappa shape index (κ1) is 17.5. The van der Waals surface area contributed by atoms with Gasteiger partial charge in [0.2, 0.25) is 11.7 Å². The van der Waals surface area contributed by atoms with Crippen LogP contribution in [0.25, 0.3) is 11.4 Å². The molecule has 1 unspecified atom stereocenters. The summed E-state index contributed by atoms with van der Waals surface area (Å²) in [6, 6.07) is 12.0. The van der Waals surface area contributed by atoms with Crippen molar-refractivity contribution in [3.63, 3.8) is 0 Å². The number of hydrogen-bond acceptors (Lipinski definition) is 6. The zero-order valence-corrected chi connectivity index (χ0v) is 13.6. The zero-order chi connectivity index (χ0) is 18.5. The van der Waals surface area contributed by atoms with Crippen LogP contribution in [0.1, 0.15) is 10.4 Å². The molecule has 0 saturated carbocycles. The number of halogens is 1. The van der Waals surface area contributed by atoms with Crippen LogP contribution < -0.4 is 10.5 Å². The number of nitrogens with two attached hydrogens (primary N) is 1. The highest BCUT2D eigenvalue weighted by Gasteiger charge is 2.12. The molecule has 0 saturated heterocycles. The van der Waals surface area contributed by atoms with Crippen molar-refractivity contribution < 1.29 is 19.0 Å². The van der Waals surface area contributed by atoms with E-state index in [1.54, 1.807) is 24.3 Å². The summed E-state index contributed by atoms with van der Waals surface area (Å²) in [6.07, 6.45) is -0.876. The summed E-state index contributed by atoms with van der Waals surface area (Å²) in [5.41, 5.74) is 6.24. The summed E-state index contributed by atoms with van der Waals surface area (Å²) in [7, 11) is 0. The molecule has 134 valence electrons. The smallest absolute Gasteiger partial charge is 0.248 e. The minimum Gasteiger partial charge on any atom is -0.491 e. The molecule has 0 aliphatic carbocycles. The van der Waals surface area contributed by atoms with Crippen LogP contribution in [0.15, 0.2) is 48.5 Å². The van der Waals surface area contributed by atoms with Crippen LogP contribution >= 0.6 is 0 Å². The number of tetrazole rings is 1. The molecule has 0 bridgehead atoms. The van der Waals surface area contributed by atoms with E-state index in [-0.39, 0.29) is 19.0 Å². The Morgan fingerprint density at radius 3 is 2.54 bits per heavy atom. The number of ether oxygens (including phenoxy) is 1. The number of nitrogens with zero attached hydrogens (tertiary/aromatic N) is 4.